The van der Waals surface area contributed by atoms with Crippen molar-refractivity contribution in [1.29, 1.82) is 5.26 Å². The molecule has 2 aromatic heterocycles. The van der Waals surface area contributed by atoms with E-state index in [0.717, 1.165) is 28.6 Å². The first-order valence-corrected chi connectivity index (χ1v) is 12.0. The third-order valence-electron chi connectivity index (χ3n) is 4.73. The molecule has 9 nitrogen and oxygen atoms in total. The van der Waals surface area contributed by atoms with Gasteiger partial charge in [-0.25, -0.2) is 8.42 Å². The minimum atomic E-state index is -3.58. The highest BCUT2D eigenvalue weighted by molar-refractivity contribution is 7.91. The minimum absolute atomic E-state index is 0.00466. The van der Waals surface area contributed by atoms with Gasteiger partial charge in [0.2, 0.25) is 15.0 Å². The molecule has 3 aromatic rings. The van der Waals surface area contributed by atoms with Gasteiger partial charge < -0.3 is 9.30 Å². The summed E-state index contributed by atoms with van der Waals surface area (Å²) >= 11 is 0.740. The number of nitrogens with one attached hydrogen (secondary N) is 1. The van der Waals surface area contributed by atoms with Crippen LogP contribution in [-0.4, -0.2) is 41.1 Å². The lowest BCUT2D eigenvalue weighted by Crippen LogP contribution is -2.14. The second-order valence-corrected chi connectivity index (χ2v) is 9.70. The number of sulfone groups is 1. The zero-order valence-corrected chi connectivity index (χ0v) is 19.5. The summed E-state index contributed by atoms with van der Waals surface area (Å²) in [6.45, 7) is 5.29. The first kappa shape index (κ1) is 23.2. The summed E-state index contributed by atoms with van der Waals surface area (Å²) in [5.74, 6) is -0.135. The standard InChI is InChI=1S/C21H21N5O4S2/c1-5-32(28,29)21-24-20(31-25-21)23-19(27)16(12-22)10-15-9-13(2)26(14(15)3)17-7-6-8-18(11-17)30-4/h6-11H,5H2,1-4H3,(H,23,24,25,27)/b16-10-. The summed E-state index contributed by atoms with van der Waals surface area (Å²) in [5, 5.41) is 11.6. The lowest BCUT2D eigenvalue weighted by atomic mass is 10.1. The van der Waals surface area contributed by atoms with Gasteiger partial charge in [-0.05, 0) is 43.7 Å². The largest absolute Gasteiger partial charge is 0.497 e. The normalized spacial score (nSPS) is 11.8. The maximum atomic E-state index is 12.6. The molecule has 0 radical (unpaired) electrons. The number of amides is 1. The Balaban J connectivity index is 1.90. The molecule has 0 saturated carbocycles. The summed E-state index contributed by atoms with van der Waals surface area (Å²) in [5.41, 5.74) is 3.19. The summed E-state index contributed by atoms with van der Waals surface area (Å²) in [7, 11) is -1.98. The van der Waals surface area contributed by atoms with Crippen molar-refractivity contribution in [3.63, 3.8) is 0 Å². The van der Waals surface area contributed by atoms with E-state index in [-0.39, 0.29) is 21.6 Å². The maximum Gasteiger partial charge on any atom is 0.268 e. The van der Waals surface area contributed by atoms with Crippen LogP contribution in [0.3, 0.4) is 0 Å². The number of nitriles is 1. The van der Waals surface area contributed by atoms with E-state index in [4.69, 9.17) is 4.74 Å². The number of nitrogens with zero attached hydrogens (tertiary/aromatic N) is 4. The molecule has 0 spiro atoms. The molecule has 0 saturated heterocycles. The van der Waals surface area contributed by atoms with Crippen molar-refractivity contribution >= 4 is 38.5 Å². The molecule has 11 heteroatoms. The number of rotatable bonds is 7. The number of methoxy groups -OCH3 is 1. The molecule has 32 heavy (non-hydrogen) atoms. The Morgan fingerprint density at radius 2 is 2.09 bits per heavy atom. The Labute approximate surface area is 190 Å². The van der Waals surface area contributed by atoms with Crippen LogP contribution in [0.5, 0.6) is 5.75 Å². The summed E-state index contributed by atoms with van der Waals surface area (Å²) in [6.07, 6.45) is 1.49. The number of aromatic nitrogens is 3. The fourth-order valence-corrected chi connectivity index (χ4v) is 4.65. The Kier molecular flexibility index (Phi) is 6.76. The zero-order chi connectivity index (χ0) is 23.5. The summed E-state index contributed by atoms with van der Waals surface area (Å²) in [4.78, 5) is 16.4. The molecule has 0 aliphatic heterocycles. The van der Waals surface area contributed by atoms with Gasteiger partial charge in [0.25, 0.3) is 11.1 Å². The van der Waals surface area contributed by atoms with Gasteiger partial charge in [-0.15, -0.1) is 0 Å². The monoisotopic (exact) mass is 471 g/mol. The van der Waals surface area contributed by atoms with E-state index in [1.165, 1.54) is 13.0 Å². The number of hydrogen-bond acceptors (Lipinski definition) is 8. The minimum Gasteiger partial charge on any atom is -0.497 e. The number of anilines is 1. The average Bonchev–Trinajstić information content (AvgIpc) is 3.36. The van der Waals surface area contributed by atoms with Crippen LogP contribution >= 0.6 is 11.5 Å². The Morgan fingerprint density at radius 1 is 1.34 bits per heavy atom. The van der Waals surface area contributed by atoms with Crippen LogP contribution < -0.4 is 10.1 Å². The molecule has 2 heterocycles. The second kappa shape index (κ2) is 9.33. The predicted molar refractivity (Wildman–Crippen MR) is 122 cm³/mol. The van der Waals surface area contributed by atoms with Crippen LogP contribution in [0.15, 0.2) is 41.1 Å². The average molecular weight is 472 g/mol. The molecular formula is C21H21N5O4S2. The zero-order valence-electron chi connectivity index (χ0n) is 17.9. The summed E-state index contributed by atoms with van der Waals surface area (Å²) in [6, 6.07) is 11.3. The second-order valence-electron chi connectivity index (χ2n) is 6.77. The third-order valence-corrected chi connectivity index (χ3v) is 6.98. The first-order chi connectivity index (χ1) is 15.2. The van der Waals surface area contributed by atoms with Crippen molar-refractivity contribution in [2.45, 2.75) is 25.9 Å². The van der Waals surface area contributed by atoms with Gasteiger partial charge in [0, 0.05) is 34.7 Å². The molecule has 1 N–H and O–H groups in total. The van der Waals surface area contributed by atoms with Gasteiger partial charge in [0.05, 0.1) is 12.9 Å². The number of aryl methyl sites for hydroxylation is 1. The molecule has 1 aromatic carbocycles. The van der Waals surface area contributed by atoms with E-state index in [2.05, 4.69) is 14.7 Å². The van der Waals surface area contributed by atoms with Gasteiger partial charge >= 0.3 is 0 Å². The molecule has 0 fully saturated rings. The van der Waals surface area contributed by atoms with Crippen molar-refractivity contribution < 1.29 is 17.9 Å². The van der Waals surface area contributed by atoms with Gasteiger partial charge in [-0.3, -0.25) is 10.1 Å². The van der Waals surface area contributed by atoms with Crippen LogP contribution in [-0.2, 0) is 14.6 Å². The smallest absolute Gasteiger partial charge is 0.268 e. The van der Waals surface area contributed by atoms with E-state index in [1.54, 1.807) is 7.11 Å². The van der Waals surface area contributed by atoms with Gasteiger partial charge in [0.1, 0.15) is 17.4 Å². The third kappa shape index (κ3) is 4.71. The fourth-order valence-electron chi connectivity index (χ4n) is 3.07. The topological polar surface area (TPSA) is 127 Å². The molecule has 166 valence electrons. The number of carbonyl (C=O) groups excluding carboxylic acids is 1. The van der Waals surface area contributed by atoms with E-state index >= 15 is 0 Å². The number of ether oxygens (including phenoxy) is 1. The maximum absolute atomic E-state index is 12.6. The van der Waals surface area contributed by atoms with Crippen molar-refractivity contribution in [2.24, 2.45) is 0 Å². The highest BCUT2D eigenvalue weighted by atomic mass is 32.2. The predicted octanol–water partition coefficient (Wildman–Crippen LogP) is 3.29. The number of hydrogen-bond donors (Lipinski definition) is 1. The molecule has 0 atom stereocenters. The number of benzene rings is 1. The highest BCUT2D eigenvalue weighted by Crippen LogP contribution is 2.25. The van der Waals surface area contributed by atoms with Crippen molar-refractivity contribution in [3.05, 3.63) is 52.9 Å². The van der Waals surface area contributed by atoms with E-state index in [9.17, 15) is 18.5 Å². The molecule has 1 amide bonds. The van der Waals surface area contributed by atoms with Crippen LogP contribution in [0.25, 0.3) is 11.8 Å². The molecular weight excluding hydrogens is 450 g/mol. The quantitative estimate of drug-likeness (QED) is 0.414. The first-order valence-electron chi connectivity index (χ1n) is 9.53. The van der Waals surface area contributed by atoms with Crippen molar-refractivity contribution in [3.8, 4) is 17.5 Å². The summed E-state index contributed by atoms with van der Waals surface area (Å²) < 4.78 is 34.8. The highest BCUT2D eigenvalue weighted by Gasteiger charge is 2.20. The Hall–Kier alpha value is -3.49. The molecule has 0 bridgehead atoms. The van der Waals surface area contributed by atoms with Gasteiger partial charge in [-0.2, -0.15) is 14.6 Å². The lowest BCUT2D eigenvalue weighted by Gasteiger charge is -2.11. The van der Waals surface area contributed by atoms with Crippen LogP contribution in [0, 0.1) is 25.2 Å². The van der Waals surface area contributed by atoms with Crippen LogP contribution in [0.4, 0.5) is 5.13 Å². The molecule has 0 unspecified atom stereocenters. The van der Waals surface area contributed by atoms with Gasteiger partial charge in [-0.1, -0.05) is 13.0 Å². The van der Waals surface area contributed by atoms with E-state index in [1.807, 2.05) is 54.8 Å². The number of carbonyl (C=O) groups is 1. The molecule has 0 aliphatic carbocycles. The Bertz CT molecular complexity index is 1350. The molecule has 0 aliphatic rings. The lowest BCUT2D eigenvalue weighted by molar-refractivity contribution is -0.112. The van der Waals surface area contributed by atoms with Gasteiger partial charge in [0.15, 0.2) is 0 Å². The molecule has 3 rings (SSSR count). The van der Waals surface area contributed by atoms with Crippen molar-refractivity contribution in [1.82, 2.24) is 13.9 Å². The van der Waals surface area contributed by atoms with Crippen molar-refractivity contribution in [2.75, 3.05) is 18.2 Å². The van der Waals surface area contributed by atoms with E-state index in [0.29, 0.717) is 11.3 Å². The van der Waals surface area contributed by atoms with Crippen LogP contribution in [0.1, 0.15) is 23.9 Å². The SMILES string of the molecule is CCS(=O)(=O)c1nsc(NC(=O)/C(C#N)=C\c2cc(C)n(-c3cccc(OC)c3)c2C)n1. The van der Waals surface area contributed by atoms with Crippen LogP contribution in [0.2, 0.25) is 0 Å². The Morgan fingerprint density at radius 3 is 2.75 bits per heavy atom. The van der Waals surface area contributed by atoms with E-state index < -0.39 is 15.7 Å². The fraction of sp³-hybridized carbons (Fsp3) is 0.238.